The fourth-order valence-corrected chi connectivity index (χ4v) is 7.50. The molecule has 0 aliphatic heterocycles. The van der Waals surface area contributed by atoms with Crippen molar-refractivity contribution >= 4 is 10.9 Å². The van der Waals surface area contributed by atoms with Crippen LogP contribution in [0.4, 0.5) is 0 Å². The summed E-state index contributed by atoms with van der Waals surface area (Å²) in [7, 11) is 2.18. The van der Waals surface area contributed by atoms with Crippen molar-refractivity contribution in [3.05, 3.63) is 35.5 Å². The maximum atomic E-state index is 2.63. The molecule has 1 nitrogen and oxygen atoms in total. The Balaban J connectivity index is 1.62. The number of hydrogen-bond acceptors (Lipinski definition) is 0. The van der Waals surface area contributed by atoms with E-state index in [9.17, 15) is 0 Å². The summed E-state index contributed by atoms with van der Waals surface area (Å²) in [5.41, 5.74) is 5.34. The molecule has 0 N–H and O–H groups in total. The molecule has 0 bridgehead atoms. The molecular formula is C24H33N. The Morgan fingerprint density at radius 2 is 1.92 bits per heavy atom. The topological polar surface area (TPSA) is 4.93 Å². The van der Waals surface area contributed by atoms with Crippen molar-refractivity contribution in [2.24, 2.45) is 42.1 Å². The van der Waals surface area contributed by atoms with Crippen LogP contribution in [-0.4, -0.2) is 4.57 Å². The van der Waals surface area contributed by atoms with Crippen molar-refractivity contribution in [2.45, 2.75) is 59.3 Å². The number of hydrogen-bond donors (Lipinski definition) is 0. The zero-order valence-electron chi connectivity index (χ0n) is 16.5. The van der Waals surface area contributed by atoms with Crippen LogP contribution >= 0.6 is 0 Å². The zero-order chi connectivity index (χ0) is 17.5. The molecule has 1 heterocycles. The molecule has 1 heteroatoms. The minimum atomic E-state index is 0.578. The Morgan fingerprint density at radius 1 is 1.12 bits per heavy atom. The Bertz CT molecular complexity index is 830. The van der Waals surface area contributed by atoms with Gasteiger partial charge in [-0.15, -0.1) is 0 Å². The second-order valence-electron chi connectivity index (χ2n) is 10.1. The SMILES string of the molecule is CC1C[C@]2(C)C(C)C(C)CC2C2CCc3cc4c(ccn4C)cc3C12. The first-order valence-corrected chi connectivity index (χ1v) is 10.5. The molecule has 1 aromatic heterocycles. The van der Waals surface area contributed by atoms with Gasteiger partial charge < -0.3 is 4.57 Å². The monoisotopic (exact) mass is 335 g/mol. The number of nitrogens with zero attached hydrogens (tertiary/aromatic N) is 1. The van der Waals surface area contributed by atoms with E-state index >= 15 is 0 Å². The summed E-state index contributed by atoms with van der Waals surface area (Å²) in [6, 6.07) is 7.36. The van der Waals surface area contributed by atoms with Gasteiger partial charge in [-0.1, -0.05) is 27.7 Å². The Hall–Kier alpha value is -1.24. The smallest absolute Gasteiger partial charge is 0.0480 e. The number of benzene rings is 1. The predicted octanol–water partition coefficient (Wildman–Crippen LogP) is 6.16. The van der Waals surface area contributed by atoms with Crippen LogP contribution in [0.2, 0.25) is 0 Å². The van der Waals surface area contributed by atoms with Crippen LogP contribution in [0, 0.1) is 35.0 Å². The van der Waals surface area contributed by atoms with Gasteiger partial charge in [-0.05, 0) is 101 Å². The first-order valence-electron chi connectivity index (χ1n) is 10.5. The molecule has 3 aliphatic carbocycles. The molecule has 6 unspecified atom stereocenters. The van der Waals surface area contributed by atoms with E-state index in [1.807, 2.05) is 0 Å². The van der Waals surface area contributed by atoms with E-state index < -0.39 is 0 Å². The van der Waals surface area contributed by atoms with E-state index in [1.54, 1.807) is 11.1 Å². The van der Waals surface area contributed by atoms with Crippen molar-refractivity contribution in [1.82, 2.24) is 4.57 Å². The molecule has 0 spiro atoms. The highest BCUT2D eigenvalue weighted by molar-refractivity contribution is 5.82. The van der Waals surface area contributed by atoms with Gasteiger partial charge >= 0.3 is 0 Å². The average molecular weight is 336 g/mol. The maximum Gasteiger partial charge on any atom is 0.0480 e. The van der Waals surface area contributed by atoms with Crippen LogP contribution in [0.25, 0.3) is 10.9 Å². The molecule has 134 valence electrons. The maximum absolute atomic E-state index is 2.63. The fraction of sp³-hybridized carbons (Fsp3) is 0.667. The summed E-state index contributed by atoms with van der Waals surface area (Å²) in [6.07, 6.45) is 7.82. The number of fused-ring (bicyclic) bond motifs is 6. The van der Waals surface area contributed by atoms with Gasteiger partial charge in [-0.3, -0.25) is 0 Å². The van der Waals surface area contributed by atoms with E-state index in [1.165, 1.54) is 36.6 Å². The Morgan fingerprint density at radius 3 is 2.72 bits per heavy atom. The minimum Gasteiger partial charge on any atom is -0.351 e. The molecule has 2 saturated carbocycles. The molecule has 2 aromatic rings. The van der Waals surface area contributed by atoms with Crippen LogP contribution in [0.15, 0.2) is 24.4 Å². The molecule has 0 saturated heterocycles. The quantitative estimate of drug-likeness (QED) is 0.543. The van der Waals surface area contributed by atoms with Gasteiger partial charge in [-0.25, -0.2) is 0 Å². The third-order valence-corrected chi connectivity index (χ3v) is 8.97. The summed E-state index contributed by atoms with van der Waals surface area (Å²) >= 11 is 0. The lowest BCUT2D eigenvalue weighted by atomic mass is 9.51. The molecule has 2 fully saturated rings. The molecule has 1 aromatic carbocycles. The molecule has 0 amide bonds. The molecule has 3 aliphatic rings. The molecule has 7 atom stereocenters. The second-order valence-corrected chi connectivity index (χ2v) is 10.1. The number of rotatable bonds is 0. The van der Waals surface area contributed by atoms with Gasteiger partial charge in [0.2, 0.25) is 0 Å². The summed E-state index contributed by atoms with van der Waals surface area (Å²) in [4.78, 5) is 0. The van der Waals surface area contributed by atoms with Gasteiger partial charge in [0.05, 0.1) is 0 Å². The zero-order valence-corrected chi connectivity index (χ0v) is 16.5. The summed E-state index contributed by atoms with van der Waals surface area (Å²) in [5.74, 6) is 5.26. The van der Waals surface area contributed by atoms with Gasteiger partial charge in [-0.2, -0.15) is 0 Å². The Labute approximate surface area is 152 Å². The lowest BCUT2D eigenvalue weighted by molar-refractivity contribution is -0.000208. The van der Waals surface area contributed by atoms with Crippen molar-refractivity contribution in [3.63, 3.8) is 0 Å². The lowest BCUT2D eigenvalue weighted by Crippen LogP contribution is -2.45. The van der Waals surface area contributed by atoms with Crippen LogP contribution < -0.4 is 0 Å². The van der Waals surface area contributed by atoms with Gasteiger partial charge in [0.1, 0.15) is 0 Å². The number of aromatic nitrogens is 1. The van der Waals surface area contributed by atoms with E-state index in [4.69, 9.17) is 0 Å². The first kappa shape index (κ1) is 16.0. The molecular weight excluding hydrogens is 302 g/mol. The molecule has 25 heavy (non-hydrogen) atoms. The van der Waals surface area contributed by atoms with Crippen LogP contribution in [-0.2, 0) is 13.5 Å². The lowest BCUT2D eigenvalue weighted by Gasteiger charge is -2.53. The van der Waals surface area contributed by atoms with Crippen molar-refractivity contribution in [3.8, 4) is 0 Å². The van der Waals surface area contributed by atoms with Crippen molar-refractivity contribution in [1.29, 1.82) is 0 Å². The van der Waals surface area contributed by atoms with Crippen molar-refractivity contribution < 1.29 is 0 Å². The third-order valence-electron chi connectivity index (χ3n) is 8.97. The van der Waals surface area contributed by atoms with Crippen LogP contribution in [0.5, 0.6) is 0 Å². The first-order chi connectivity index (χ1) is 11.9. The average Bonchev–Trinajstić information content (AvgIpc) is 3.05. The third kappa shape index (κ3) is 2.02. The van der Waals surface area contributed by atoms with E-state index in [-0.39, 0.29) is 0 Å². The highest BCUT2D eigenvalue weighted by Crippen LogP contribution is 2.65. The minimum absolute atomic E-state index is 0.578. The summed E-state index contributed by atoms with van der Waals surface area (Å²) < 4.78 is 2.28. The predicted molar refractivity (Wildman–Crippen MR) is 106 cm³/mol. The van der Waals surface area contributed by atoms with Gasteiger partial charge in [0, 0.05) is 18.8 Å². The normalized spacial score (nSPS) is 42.9. The fourth-order valence-electron chi connectivity index (χ4n) is 7.50. The van der Waals surface area contributed by atoms with Gasteiger partial charge in [0.15, 0.2) is 0 Å². The molecule has 5 rings (SSSR count). The summed E-state index contributed by atoms with van der Waals surface area (Å²) in [6.45, 7) is 10.2. The molecule has 0 radical (unpaired) electrons. The highest BCUT2D eigenvalue weighted by atomic mass is 14.9. The standard InChI is InChI=1S/C24H33N/c1-14-10-21-19-7-6-17-12-22-18(8-9-25(22)5)11-20(17)23(19)15(2)13-24(21,4)16(14)3/h8-9,11-12,14-16,19,21,23H,6-7,10,13H2,1-5H3/t14?,15?,16?,19?,21?,23?,24-/m1/s1. The van der Waals surface area contributed by atoms with E-state index in [0.717, 1.165) is 35.5 Å². The van der Waals surface area contributed by atoms with E-state index in [0.29, 0.717) is 5.41 Å². The second kappa shape index (κ2) is 5.15. The van der Waals surface area contributed by atoms with E-state index in [2.05, 4.69) is 63.7 Å². The summed E-state index contributed by atoms with van der Waals surface area (Å²) in [5, 5.41) is 1.44. The highest BCUT2D eigenvalue weighted by Gasteiger charge is 2.57. The van der Waals surface area contributed by atoms with Crippen LogP contribution in [0.3, 0.4) is 0 Å². The van der Waals surface area contributed by atoms with Crippen LogP contribution in [0.1, 0.15) is 64.0 Å². The van der Waals surface area contributed by atoms with Crippen molar-refractivity contribution in [2.75, 3.05) is 0 Å². The number of aryl methyl sites for hydroxylation is 2. The largest absolute Gasteiger partial charge is 0.351 e. The van der Waals surface area contributed by atoms with Gasteiger partial charge in [0.25, 0.3) is 0 Å². The Kier molecular flexibility index (Phi) is 3.29.